The molecule has 2 amide bonds. The highest BCUT2D eigenvalue weighted by molar-refractivity contribution is 5.88. The summed E-state index contributed by atoms with van der Waals surface area (Å²) in [5.41, 5.74) is 2.02. The third-order valence-corrected chi connectivity index (χ3v) is 5.06. The van der Waals surface area contributed by atoms with E-state index in [2.05, 4.69) is 5.32 Å². The number of nitrogens with one attached hydrogen (secondary N) is 1. The fourth-order valence-electron chi connectivity index (χ4n) is 2.84. The minimum atomic E-state index is -0.629. The third kappa shape index (κ3) is 6.79. The molecular formula is C24H32N2O4. The number of hydrogen-bond acceptors (Lipinski definition) is 4. The van der Waals surface area contributed by atoms with Crippen molar-refractivity contribution in [1.29, 1.82) is 0 Å². The van der Waals surface area contributed by atoms with Crippen LogP contribution in [-0.2, 0) is 16.1 Å². The quantitative estimate of drug-likeness (QED) is 0.646. The molecule has 0 saturated carbocycles. The highest BCUT2D eigenvalue weighted by Crippen LogP contribution is 2.16. The fourth-order valence-corrected chi connectivity index (χ4v) is 2.84. The van der Waals surface area contributed by atoms with Crippen molar-refractivity contribution < 1.29 is 19.1 Å². The zero-order valence-electron chi connectivity index (χ0n) is 18.5. The lowest BCUT2D eigenvalue weighted by Gasteiger charge is -2.29. The molecule has 162 valence electrons. The second-order valence-corrected chi connectivity index (χ2v) is 7.47. The van der Waals surface area contributed by atoms with E-state index < -0.39 is 6.04 Å². The summed E-state index contributed by atoms with van der Waals surface area (Å²) in [6.45, 7) is 7.84. The first-order chi connectivity index (χ1) is 14.3. The van der Waals surface area contributed by atoms with Crippen LogP contribution in [0, 0.1) is 6.92 Å². The Balaban J connectivity index is 2.14. The van der Waals surface area contributed by atoms with Gasteiger partial charge in [0.05, 0.1) is 7.11 Å². The van der Waals surface area contributed by atoms with E-state index in [1.165, 1.54) is 0 Å². The molecule has 1 N–H and O–H groups in total. The molecule has 0 aromatic heterocycles. The summed E-state index contributed by atoms with van der Waals surface area (Å²) in [5, 5.41) is 2.96. The van der Waals surface area contributed by atoms with Crippen LogP contribution in [0.5, 0.6) is 11.5 Å². The van der Waals surface area contributed by atoms with Crippen molar-refractivity contribution in [3.8, 4) is 11.5 Å². The van der Waals surface area contributed by atoms with Gasteiger partial charge in [-0.1, -0.05) is 36.8 Å². The van der Waals surface area contributed by atoms with Gasteiger partial charge in [0.15, 0.2) is 6.61 Å². The first-order valence-electron chi connectivity index (χ1n) is 10.3. The van der Waals surface area contributed by atoms with Gasteiger partial charge in [0.2, 0.25) is 5.91 Å². The van der Waals surface area contributed by atoms with E-state index >= 15 is 0 Å². The topological polar surface area (TPSA) is 67.9 Å². The van der Waals surface area contributed by atoms with E-state index in [0.29, 0.717) is 12.3 Å². The molecule has 0 fully saturated rings. The van der Waals surface area contributed by atoms with Crippen LogP contribution in [0.4, 0.5) is 0 Å². The van der Waals surface area contributed by atoms with Gasteiger partial charge < -0.3 is 19.7 Å². The normalized spacial score (nSPS) is 12.6. The molecule has 2 atom stereocenters. The summed E-state index contributed by atoms with van der Waals surface area (Å²) in [4.78, 5) is 27.3. The smallest absolute Gasteiger partial charge is 0.261 e. The SMILES string of the molecule is CCC(C)NC(=O)C(C)N(Cc1ccc(OC)cc1)C(=O)COc1ccc(C)cc1. The van der Waals surface area contributed by atoms with Gasteiger partial charge in [-0.3, -0.25) is 9.59 Å². The zero-order valence-corrected chi connectivity index (χ0v) is 18.5. The number of benzene rings is 2. The van der Waals surface area contributed by atoms with Crippen molar-refractivity contribution in [3.05, 3.63) is 59.7 Å². The molecule has 6 nitrogen and oxygen atoms in total. The molecule has 2 aromatic carbocycles. The molecule has 2 rings (SSSR count). The van der Waals surface area contributed by atoms with Gasteiger partial charge in [0.1, 0.15) is 17.5 Å². The number of carbonyl (C=O) groups is 2. The number of hydrogen-bond donors (Lipinski definition) is 1. The summed E-state index contributed by atoms with van der Waals surface area (Å²) >= 11 is 0. The number of ether oxygens (including phenoxy) is 2. The first-order valence-corrected chi connectivity index (χ1v) is 10.3. The van der Waals surface area contributed by atoms with Gasteiger partial charge in [-0.15, -0.1) is 0 Å². The highest BCUT2D eigenvalue weighted by Gasteiger charge is 2.27. The van der Waals surface area contributed by atoms with E-state index in [-0.39, 0.29) is 24.5 Å². The van der Waals surface area contributed by atoms with Crippen LogP contribution in [-0.4, -0.2) is 42.5 Å². The largest absolute Gasteiger partial charge is 0.497 e. The highest BCUT2D eigenvalue weighted by atomic mass is 16.5. The van der Waals surface area contributed by atoms with Crippen molar-refractivity contribution in [3.63, 3.8) is 0 Å². The van der Waals surface area contributed by atoms with Crippen LogP contribution in [0.3, 0.4) is 0 Å². The van der Waals surface area contributed by atoms with E-state index in [1.54, 1.807) is 18.9 Å². The Hall–Kier alpha value is -3.02. The molecule has 0 bridgehead atoms. The maximum absolute atomic E-state index is 13.0. The van der Waals surface area contributed by atoms with E-state index in [0.717, 1.165) is 23.3 Å². The Bertz CT molecular complexity index is 818. The van der Waals surface area contributed by atoms with Crippen LogP contribution >= 0.6 is 0 Å². The fraction of sp³-hybridized carbons (Fsp3) is 0.417. The first kappa shape index (κ1) is 23.3. The monoisotopic (exact) mass is 412 g/mol. The van der Waals surface area contributed by atoms with Gasteiger partial charge in [-0.05, 0) is 57.0 Å². The number of amides is 2. The molecule has 6 heteroatoms. The molecule has 30 heavy (non-hydrogen) atoms. The molecule has 2 unspecified atom stereocenters. The maximum atomic E-state index is 13.0. The second kappa shape index (κ2) is 11.2. The molecule has 0 radical (unpaired) electrons. The standard InChI is InChI=1S/C24H32N2O4/c1-6-18(3)25-24(28)19(4)26(15-20-9-13-21(29-5)14-10-20)23(27)16-30-22-11-7-17(2)8-12-22/h7-14,18-19H,6,15-16H2,1-5H3,(H,25,28). The number of nitrogens with zero attached hydrogens (tertiary/aromatic N) is 1. The Labute approximate surface area is 179 Å². The van der Waals surface area contributed by atoms with Gasteiger partial charge in [-0.2, -0.15) is 0 Å². The van der Waals surface area contributed by atoms with Crippen LogP contribution in [0.15, 0.2) is 48.5 Å². The lowest BCUT2D eigenvalue weighted by Crippen LogP contribution is -2.50. The number of rotatable bonds is 10. The van der Waals surface area contributed by atoms with Crippen molar-refractivity contribution in [1.82, 2.24) is 10.2 Å². The van der Waals surface area contributed by atoms with E-state index in [4.69, 9.17) is 9.47 Å². The predicted octanol–water partition coefficient (Wildman–Crippen LogP) is 3.71. The van der Waals surface area contributed by atoms with Gasteiger partial charge in [0, 0.05) is 12.6 Å². The summed E-state index contributed by atoms with van der Waals surface area (Å²) in [5.74, 6) is 0.927. The minimum Gasteiger partial charge on any atom is -0.497 e. The molecule has 0 heterocycles. The number of methoxy groups -OCH3 is 1. The Morgan fingerprint density at radius 1 is 1.00 bits per heavy atom. The summed E-state index contributed by atoms with van der Waals surface area (Å²) in [6.07, 6.45) is 0.821. The minimum absolute atomic E-state index is 0.0432. The predicted molar refractivity (Wildman–Crippen MR) is 118 cm³/mol. The number of aryl methyl sites for hydroxylation is 1. The maximum Gasteiger partial charge on any atom is 0.261 e. The average Bonchev–Trinajstić information content (AvgIpc) is 2.76. The molecule has 0 spiro atoms. The van der Waals surface area contributed by atoms with Gasteiger partial charge in [-0.25, -0.2) is 0 Å². The van der Waals surface area contributed by atoms with Gasteiger partial charge >= 0.3 is 0 Å². The summed E-state index contributed by atoms with van der Waals surface area (Å²) < 4.78 is 10.9. The van der Waals surface area contributed by atoms with Gasteiger partial charge in [0.25, 0.3) is 5.91 Å². The molecule has 0 saturated heterocycles. The van der Waals surface area contributed by atoms with Crippen LogP contribution in [0.2, 0.25) is 0 Å². The Morgan fingerprint density at radius 3 is 2.17 bits per heavy atom. The Morgan fingerprint density at radius 2 is 1.60 bits per heavy atom. The Kier molecular flexibility index (Phi) is 8.71. The molecular weight excluding hydrogens is 380 g/mol. The molecule has 2 aromatic rings. The lowest BCUT2D eigenvalue weighted by molar-refractivity contribution is -0.142. The molecule has 0 aliphatic carbocycles. The zero-order chi connectivity index (χ0) is 22.1. The van der Waals surface area contributed by atoms with Crippen LogP contribution in [0.1, 0.15) is 38.3 Å². The van der Waals surface area contributed by atoms with E-state index in [9.17, 15) is 9.59 Å². The lowest BCUT2D eigenvalue weighted by atomic mass is 10.1. The van der Waals surface area contributed by atoms with Crippen molar-refractivity contribution in [2.24, 2.45) is 0 Å². The number of carbonyl (C=O) groups excluding carboxylic acids is 2. The van der Waals surface area contributed by atoms with Crippen molar-refractivity contribution >= 4 is 11.8 Å². The second-order valence-electron chi connectivity index (χ2n) is 7.47. The summed E-state index contributed by atoms with van der Waals surface area (Å²) in [6, 6.07) is 14.4. The van der Waals surface area contributed by atoms with Crippen molar-refractivity contribution in [2.75, 3.05) is 13.7 Å². The van der Waals surface area contributed by atoms with E-state index in [1.807, 2.05) is 69.3 Å². The summed E-state index contributed by atoms with van der Waals surface area (Å²) in [7, 11) is 1.61. The van der Waals surface area contributed by atoms with Crippen LogP contribution in [0.25, 0.3) is 0 Å². The average molecular weight is 413 g/mol. The van der Waals surface area contributed by atoms with Crippen molar-refractivity contribution in [2.45, 2.75) is 52.7 Å². The molecule has 0 aliphatic heterocycles. The third-order valence-electron chi connectivity index (χ3n) is 5.06. The van der Waals surface area contributed by atoms with Crippen LogP contribution < -0.4 is 14.8 Å². The molecule has 0 aliphatic rings.